The Morgan fingerprint density at radius 3 is 2.82 bits per heavy atom. The molecule has 0 spiro atoms. The number of rotatable bonds is 8. The first-order valence-electron chi connectivity index (χ1n) is 10.5. The van der Waals surface area contributed by atoms with Crippen molar-refractivity contribution in [2.45, 2.75) is 44.3 Å². The summed E-state index contributed by atoms with van der Waals surface area (Å²) in [4.78, 5) is 21.0. The Hall–Kier alpha value is -3.07. The first-order valence-corrected chi connectivity index (χ1v) is 10.9. The quantitative estimate of drug-likeness (QED) is 0.440. The van der Waals surface area contributed by atoms with E-state index in [-0.39, 0.29) is 40.1 Å². The number of hydrogen-bond acceptors (Lipinski definition) is 8. The van der Waals surface area contributed by atoms with Crippen LogP contribution in [0.4, 0.5) is 26.1 Å². The summed E-state index contributed by atoms with van der Waals surface area (Å²) in [6, 6.07) is 4.24. The summed E-state index contributed by atoms with van der Waals surface area (Å²) in [7, 11) is 0. The molecule has 4 N–H and O–H groups in total. The fraction of sp³-hybridized carbons (Fsp3) is 0.455. The van der Waals surface area contributed by atoms with Gasteiger partial charge in [-0.1, -0.05) is 11.6 Å². The standard InChI is InChI=1S/C22H25ClF2N6O3/c1-22(2,33)18(25)10-29-21(32)13-9-27-19(31-20-14(23)5-12(7-26)8-28-20)6-17(13)30-16-3-4-34-11-15(16)24/h5-6,8-9,15-16,18,33H,3-4,10-11H2,1-2H3,(H,29,32)(H2,27,28,30,31). The van der Waals surface area contributed by atoms with Crippen LogP contribution in [0.5, 0.6) is 0 Å². The van der Waals surface area contributed by atoms with Gasteiger partial charge in [-0.2, -0.15) is 5.26 Å². The highest BCUT2D eigenvalue weighted by atomic mass is 35.5. The second kappa shape index (κ2) is 10.9. The van der Waals surface area contributed by atoms with Gasteiger partial charge in [-0.3, -0.25) is 4.79 Å². The molecule has 3 atom stereocenters. The van der Waals surface area contributed by atoms with Gasteiger partial charge in [0.2, 0.25) is 0 Å². The van der Waals surface area contributed by atoms with Crippen molar-refractivity contribution in [3.05, 3.63) is 40.7 Å². The Kier molecular flexibility index (Phi) is 8.19. The Morgan fingerprint density at radius 1 is 1.41 bits per heavy atom. The molecule has 1 aliphatic heterocycles. The fourth-order valence-corrected chi connectivity index (χ4v) is 3.34. The molecule has 2 aromatic heterocycles. The van der Waals surface area contributed by atoms with Crippen LogP contribution < -0.4 is 16.0 Å². The zero-order chi connectivity index (χ0) is 24.9. The normalized spacial score (nSPS) is 19.1. The van der Waals surface area contributed by atoms with E-state index in [4.69, 9.17) is 21.6 Å². The highest BCUT2D eigenvalue weighted by molar-refractivity contribution is 6.33. The van der Waals surface area contributed by atoms with Crippen LogP contribution in [0.2, 0.25) is 5.02 Å². The molecule has 1 saturated heterocycles. The van der Waals surface area contributed by atoms with Crippen LogP contribution in [0.15, 0.2) is 24.5 Å². The monoisotopic (exact) mass is 494 g/mol. The van der Waals surface area contributed by atoms with Crippen molar-refractivity contribution >= 4 is 34.8 Å². The van der Waals surface area contributed by atoms with Gasteiger partial charge in [0, 0.05) is 25.1 Å². The number of aromatic nitrogens is 2. The van der Waals surface area contributed by atoms with Crippen LogP contribution >= 0.6 is 11.6 Å². The van der Waals surface area contributed by atoms with Crippen molar-refractivity contribution in [2.24, 2.45) is 0 Å². The molecule has 1 amide bonds. The summed E-state index contributed by atoms with van der Waals surface area (Å²) >= 11 is 6.16. The molecule has 34 heavy (non-hydrogen) atoms. The summed E-state index contributed by atoms with van der Waals surface area (Å²) < 4.78 is 33.6. The van der Waals surface area contributed by atoms with E-state index in [0.29, 0.717) is 13.0 Å². The van der Waals surface area contributed by atoms with Crippen molar-refractivity contribution in [1.29, 1.82) is 5.26 Å². The molecule has 0 aliphatic carbocycles. The molecule has 1 fully saturated rings. The van der Waals surface area contributed by atoms with E-state index in [9.17, 15) is 18.7 Å². The van der Waals surface area contributed by atoms with Crippen LogP contribution in [-0.2, 0) is 4.74 Å². The average Bonchev–Trinajstić information content (AvgIpc) is 2.79. The lowest BCUT2D eigenvalue weighted by Gasteiger charge is -2.28. The van der Waals surface area contributed by atoms with Crippen LogP contribution in [0.25, 0.3) is 0 Å². The average molecular weight is 495 g/mol. The number of amides is 1. The Balaban J connectivity index is 1.86. The van der Waals surface area contributed by atoms with Crippen molar-refractivity contribution in [1.82, 2.24) is 15.3 Å². The van der Waals surface area contributed by atoms with E-state index >= 15 is 0 Å². The van der Waals surface area contributed by atoms with Gasteiger partial charge < -0.3 is 25.8 Å². The molecule has 9 nitrogen and oxygen atoms in total. The number of anilines is 3. The minimum Gasteiger partial charge on any atom is -0.387 e. The van der Waals surface area contributed by atoms with Crippen molar-refractivity contribution < 1.29 is 23.4 Å². The van der Waals surface area contributed by atoms with Crippen molar-refractivity contribution in [3.8, 4) is 6.07 Å². The number of nitrogens with one attached hydrogen (secondary N) is 3. The predicted octanol–water partition coefficient (Wildman–Crippen LogP) is 3.12. The smallest absolute Gasteiger partial charge is 0.255 e. The third-order valence-electron chi connectivity index (χ3n) is 5.20. The summed E-state index contributed by atoms with van der Waals surface area (Å²) in [6.45, 7) is 2.46. The highest BCUT2D eigenvalue weighted by Gasteiger charge is 2.29. The van der Waals surface area contributed by atoms with Crippen molar-refractivity contribution in [2.75, 3.05) is 30.4 Å². The number of hydrogen-bond donors (Lipinski definition) is 4. The summed E-state index contributed by atoms with van der Waals surface area (Å²) in [5.41, 5.74) is -1.03. The zero-order valence-electron chi connectivity index (χ0n) is 18.6. The first-order chi connectivity index (χ1) is 16.1. The summed E-state index contributed by atoms with van der Waals surface area (Å²) in [5.74, 6) is -0.165. The molecule has 182 valence electrons. The highest BCUT2D eigenvalue weighted by Crippen LogP contribution is 2.27. The number of pyridine rings is 2. The van der Waals surface area contributed by atoms with Crippen LogP contribution in [0.1, 0.15) is 36.2 Å². The fourth-order valence-electron chi connectivity index (χ4n) is 3.13. The maximum atomic E-state index is 14.4. The lowest BCUT2D eigenvalue weighted by Crippen LogP contribution is -2.42. The molecule has 3 rings (SSSR count). The van der Waals surface area contributed by atoms with Gasteiger partial charge in [0.15, 0.2) is 0 Å². The molecule has 0 bridgehead atoms. The van der Waals surface area contributed by atoms with Gasteiger partial charge in [-0.25, -0.2) is 18.7 Å². The van der Waals surface area contributed by atoms with Gasteiger partial charge in [-0.15, -0.1) is 0 Å². The van der Waals surface area contributed by atoms with E-state index in [1.807, 2.05) is 6.07 Å². The van der Waals surface area contributed by atoms with E-state index < -0.39 is 36.4 Å². The van der Waals surface area contributed by atoms with Crippen molar-refractivity contribution in [3.63, 3.8) is 0 Å². The number of carbonyl (C=O) groups is 1. The number of nitrogens with zero attached hydrogens (tertiary/aromatic N) is 3. The third-order valence-corrected chi connectivity index (χ3v) is 5.49. The molecule has 0 aromatic carbocycles. The largest absolute Gasteiger partial charge is 0.387 e. The minimum atomic E-state index is -1.70. The second-order valence-corrected chi connectivity index (χ2v) is 8.78. The van der Waals surface area contributed by atoms with Gasteiger partial charge >= 0.3 is 0 Å². The number of carbonyl (C=O) groups excluding carboxylic acids is 1. The maximum absolute atomic E-state index is 14.4. The molecular formula is C22H25ClF2N6O3. The number of ether oxygens (including phenoxy) is 1. The number of nitriles is 1. The van der Waals surface area contributed by atoms with E-state index in [1.54, 1.807) is 0 Å². The molecule has 0 saturated carbocycles. The minimum absolute atomic E-state index is 0.0612. The predicted molar refractivity (Wildman–Crippen MR) is 123 cm³/mol. The lowest BCUT2D eigenvalue weighted by molar-refractivity contribution is -0.00177. The summed E-state index contributed by atoms with van der Waals surface area (Å²) in [5, 5.41) is 27.2. The zero-order valence-corrected chi connectivity index (χ0v) is 19.4. The molecule has 0 radical (unpaired) electrons. The third kappa shape index (κ3) is 6.50. The van der Waals surface area contributed by atoms with E-state index in [0.717, 1.165) is 0 Å². The molecule has 2 aromatic rings. The number of alkyl halides is 2. The van der Waals surface area contributed by atoms with Gasteiger partial charge in [0.1, 0.15) is 30.0 Å². The van der Waals surface area contributed by atoms with Gasteiger partial charge in [0.25, 0.3) is 5.91 Å². The first kappa shape index (κ1) is 25.6. The Labute approximate surface area is 200 Å². The summed E-state index contributed by atoms with van der Waals surface area (Å²) in [6.07, 6.45) is -0.0319. The van der Waals surface area contributed by atoms with Gasteiger partial charge in [-0.05, 0) is 26.3 Å². The Bertz CT molecular complexity index is 1080. The second-order valence-electron chi connectivity index (χ2n) is 8.37. The Morgan fingerprint density at radius 2 is 2.18 bits per heavy atom. The molecular weight excluding hydrogens is 470 g/mol. The SMILES string of the molecule is CC(C)(O)C(F)CNC(=O)c1cnc(Nc2ncc(C#N)cc2Cl)cc1NC1CCOCC1F. The van der Waals surface area contributed by atoms with Gasteiger partial charge in [0.05, 0.1) is 46.6 Å². The van der Waals surface area contributed by atoms with E-state index in [2.05, 4.69) is 25.9 Å². The van der Waals surface area contributed by atoms with E-state index in [1.165, 1.54) is 38.4 Å². The maximum Gasteiger partial charge on any atom is 0.255 e. The molecule has 1 aliphatic rings. The lowest BCUT2D eigenvalue weighted by atomic mass is 10.0. The molecule has 3 unspecified atom stereocenters. The van der Waals surface area contributed by atoms with Crippen LogP contribution in [-0.4, -0.2) is 64.7 Å². The molecule has 12 heteroatoms. The number of aliphatic hydroxyl groups is 1. The molecule has 3 heterocycles. The van der Waals surface area contributed by atoms with Crippen LogP contribution in [0.3, 0.4) is 0 Å². The topological polar surface area (TPSA) is 132 Å². The number of halogens is 3. The van der Waals surface area contributed by atoms with Crippen LogP contribution in [0, 0.1) is 11.3 Å².